The van der Waals surface area contributed by atoms with Crippen molar-refractivity contribution in [1.82, 2.24) is 0 Å². The van der Waals surface area contributed by atoms with Gasteiger partial charge in [-0.2, -0.15) is 114 Å². The Balaban J connectivity index is -0.0000266. The van der Waals surface area contributed by atoms with E-state index in [4.69, 9.17) is 0 Å². The first-order valence-corrected chi connectivity index (χ1v) is 27.4. The monoisotopic (exact) mass is 1270 g/mol. The molecule has 0 aromatic heterocycles. The van der Waals surface area contributed by atoms with E-state index >= 15 is 0 Å². The maximum atomic E-state index is 14.1. The van der Waals surface area contributed by atoms with Crippen molar-refractivity contribution in [2.24, 2.45) is 0 Å². The number of hydrogen-bond acceptors (Lipinski definition) is 8. The first-order chi connectivity index (χ1) is 32.9. The van der Waals surface area contributed by atoms with E-state index in [0.717, 1.165) is 50.0 Å². The largest absolute Gasteiger partial charge is 1.00 e. The average Bonchev–Trinajstić information content (AvgIpc) is 3.22. The summed E-state index contributed by atoms with van der Waals surface area (Å²) >= 11 is 0. The van der Waals surface area contributed by atoms with E-state index in [1.54, 1.807) is 21.6 Å². The van der Waals surface area contributed by atoms with Crippen LogP contribution in [0.25, 0.3) is 0 Å². The molecule has 0 saturated carbocycles. The van der Waals surface area contributed by atoms with Gasteiger partial charge in [0, 0.05) is 34.8 Å². The maximum absolute atomic E-state index is 14.1. The molecule has 0 aliphatic rings. The van der Waals surface area contributed by atoms with Crippen molar-refractivity contribution in [1.29, 1.82) is 0 Å². The second-order valence-corrected chi connectivity index (χ2v) is 23.2. The standard InChI is InChI=1S/C38H52F26O6S4.2Na/c39-27(40,29(43,44)31(47,48)33(51,52)35(55,56)37(59,60)61)21-19-25(73(65,66)67)17-13-9-5-1-3-7-11-15-23-71-72-24-16-12-8-4-2-6-10-14-18-26(74(68,69)70)20-22-28(41,42)30(45,46)32(49,50)34(53,54)36(57,58)38(62,63)64;;/h25-26H,1-24H2,(H,65,66,67)(H,68,69,70);;/q;2*+1/p-2. The molecule has 0 amide bonds. The summed E-state index contributed by atoms with van der Waals surface area (Å²) in [6, 6.07) is 0. The zero-order valence-corrected chi connectivity index (χ0v) is 47.3. The molecule has 0 bridgehead atoms. The molecule has 446 valence electrons. The molecule has 0 aliphatic carbocycles. The second-order valence-electron chi connectivity index (χ2n) is 17.2. The summed E-state index contributed by atoms with van der Waals surface area (Å²) in [6.07, 6.45) is -18.5. The van der Waals surface area contributed by atoms with E-state index in [1.807, 2.05) is 0 Å². The number of halogens is 26. The van der Waals surface area contributed by atoms with Crippen molar-refractivity contribution >= 4 is 41.8 Å². The molecule has 0 radical (unpaired) electrons. The average molecular weight is 1270 g/mol. The fourth-order valence-corrected chi connectivity index (χ4v) is 10.8. The van der Waals surface area contributed by atoms with Gasteiger partial charge in [-0.3, -0.25) is 0 Å². The van der Waals surface area contributed by atoms with Gasteiger partial charge < -0.3 is 9.11 Å². The molecule has 0 aromatic rings. The molecule has 0 aliphatic heterocycles. The molecule has 0 N–H and O–H groups in total. The molecule has 0 saturated heterocycles. The van der Waals surface area contributed by atoms with Crippen molar-refractivity contribution in [2.45, 2.75) is 223 Å². The van der Waals surface area contributed by atoms with Crippen LogP contribution in [0.2, 0.25) is 0 Å². The third kappa shape index (κ3) is 20.8. The summed E-state index contributed by atoms with van der Waals surface area (Å²) < 4.78 is 416. The van der Waals surface area contributed by atoms with Gasteiger partial charge in [-0.25, -0.2) is 16.8 Å². The van der Waals surface area contributed by atoms with E-state index in [1.165, 1.54) is 0 Å². The SMILES string of the molecule is O=S(=O)([O-])C(CCCCCCCCCCSSCCCCCCCCCCC(CCC(F)(F)C(F)(F)C(F)(F)C(F)(F)C(F)(F)C(F)(F)F)S(=O)(=O)[O-])CCC(F)(F)C(F)(F)C(F)(F)C(F)(F)C(F)(F)C(F)(F)F.[Na+].[Na+]. The predicted octanol–water partition coefficient (Wildman–Crippen LogP) is 10.3. The van der Waals surface area contributed by atoms with Crippen molar-refractivity contribution in [3.05, 3.63) is 0 Å². The quantitative estimate of drug-likeness (QED) is 0.0197. The van der Waals surface area contributed by atoms with Crippen LogP contribution in [0.5, 0.6) is 0 Å². The van der Waals surface area contributed by atoms with Gasteiger partial charge >= 0.3 is 131 Å². The van der Waals surface area contributed by atoms with E-state index in [9.17, 15) is 140 Å². The Labute approximate surface area is 472 Å². The van der Waals surface area contributed by atoms with Crippen LogP contribution in [-0.4, -0.2) is 120 Å². The van der Waals surface area contributed by atoms with Crippen LogP contribution in [0, 0.1) is 0 Å². The van der Waals surface area contributed by atoms with Crippen LogP contribution in [0.15, 0.2) is 0 Å². The van der Waals surface area contributed by atoms with Crippen LogP contribution >= 0.6 is 21.6 Å². The molecule has 0 heterocycles. The smallest absolute Gasteiger partial charge is 0.748 e. The van der Waals surface area contributed by atoms with E-state index in [0.29, 0.717) is 38.5 Å². The van der Waals surface area contributed by atoms with Crippen molar-refractivity contribution in [2.75, 3.05) is 11.5 Å². The molecule has 0 aromatic carbocycles. The summed E-state index contributed by atoms with van der Waals surface area (Å²) in [7, 11) is -8.10. The zero-order valence-electron chi connectivity index (χ0n) is 40.0. The van der Waals surface area contributed by atoms with Gasteiger partial charge in [0.25, 0.3) is 0 Å². The Bertz CT molecular complexity index is 1780. The van der Waals surface area contributed by atoms with Crippen LogP contribution in [-0.2, 0) is 20.2 Å². The van der Waals surface area contributed by atoms with Gasteiger partial charge in [-0.05, 0) is 38.5 Å². The maximum Gasteiger partial charge on any atom is 1.00 e. The number of rotatable bonds is 39. The zero-order chi connectivity index (χ0) is 58.5. The predicted molar refractivity (Wildman–Crippen MR) is 215 cm³/mol. The van der Waals surface area contributed by atoms with Crippen molar-refractivity contribution < 1.29 is 199 Å². The second kappa shape index (κ2) is 31.0. The fraction of sp³-hybridized carbons (Fsp3) is 1.00. The van der Waals surface area contributed by atoms with Crippen LogP contribution in [0.1, 0.15) is 141 Å². The van der Waals surface area contributed by atoms with Crippen molar-refractivity contribution in [3.63, 3.8) is 0 Å². The van der Waals surface area contributed by atoms with Gasteiger partial charge in [0.05, 0.1) is 20.2 Å². The minimum absolute atomic E-state index is 0. The molecular formula is C38H50F26Na2O6S4. The van der Waals surface area contributed by atoms with Crippen LogP contribution < -0.4 is 59.1 Å². The summed E-state index contributed by atoms with van der Waals surface area (Å²) in [5, 5.41) is -4.93. The number of alkyl halides is 26. The van der Waals surface area contributed by atoms with Gasteiger partial charge in [0.1, 0.15) is 0 Å². The molecule has 0 rings (SSSR count). The Hall–Kier alpha value is 0.700. The summed E-state index contributed by atoms with van der Waals surface area (Å²) in [5.41, 5.74) is 0. The molecule has 2 unspecified atom stereocenters. The van der Waals surface area contributed by atoms with Crippen LogP contribution in [0.3, 0.4) is 0 Å². The summed E-state index contributed by atoms with van der Waals surface area (Å²) in [6.45, 7) is 0. The minimum Gasteiger partial charge on any atom is -0.748 e. The first-order valence-electron chi connectivity index (χ1n) is 22.0. The van der Waals surface area contributed by atoms with Gasteiger partial charge in [0.2, 0.25) is 0 Å². The van der Waals surface area contributed by atoms with Gasteiger partial charge in [-0.15, -0.1) is 0 Å². The molecule has 0 spiro atoms. The van der Waals surface area contributed by atoms with Crippen LogP contribution in [0.4, 0.5) is 114 Å². The van der Waals surface area contributed by atoms with Gasteiger partial charge in [0.15, 0.2) is 0 Å². The third-order valence-electron chi connectivity index (χ3n) is 11.5. The normalized spacial score (nSPS) is 15.6. The topological polar surface area (TPSA) is 114 Å². The molecule has 2 atom stereocenters. The third-order valence-corrected chi connectivity index (χ3v) is 16.6. The number of hydrogen-bond donors (Lipinski definition) is 0. The molecule has 6 nitrogen and oxygen atoms in total. The minimum atomic E-state index is -8.11. The Morgan fingerprint density at radius 3 is 0.697 bits per heavy atom. The van der Waals surface area contributed by atoms with E-state index in [2.05, 4.69) is 0 Å². The fourth-order valence-electron chi connectivity index (χ4n) is 6.77. The molecule has 0 fully saturated rings. The summed E-state index contributed by atoms with van der Waals surface area (Å²) in [4.78, 5) is 0. The van der Waals surface area contributed by atoms with Gasteiger partial charge in [-0.1, -0.05) is 111 Å². The van der Waals surface area contributed by atoms with Crippen molar-refractivity contribution in [3.8, 4) is 0 Å². The Morgan fingerprint density at radius 2 is 0.487 bits per heavy atom. The summed E-state index contributed by atoms with van der Waals surface area (Å²) in [5.74, 6) is -74.8. The molecular weight excluding hydrogens is 1220 g/mol. The first kappa shape index (κ1) is 80.9. The number of unbranched alkanes of at least 4 members (excludes halogenated alkanes) is 14. The Kier molecular flexibility index (Phi) is 33.0. The molecule has 76 heavy (non-hydrogen) atoms. The molecule has 38 heteroatoms. The van der Waals surface area contributed by atoms with E-state index < -0.39 is 141 Å². The Morgan fingerprint density at radius 1 is 0.289 bits per heavy atom. The van der Waals surface area contributed by atoms with E-state index in [-0.39, 0.29) is 84.8 Å².